The molecular formula is C18H15NO. The lowest BCUT2D eigenvalue weighted by Gasteiger charge is -2.10. The minimum absolute atomic E-state index is 0.199. The predicted molar refractivity (Wildman–Crippen MR) is 80.2 cm³/mol. The number of ketones is 1. The first-order valence-corrected chi connectivity index (χ1v) is 6.93. The number of carbonyl (C=O) groups is 1. The van der Waals surface area contributed by atoms with Crippen LogP contribution in [-0.2, 0) is 7.05 Å². The average Bonchev–Trinajstić information content (AvgIpc) is 2.98. The largest absolute Gasteiger partial charge is 0.341 e. The van der Waals surface area contributed by atoms with Crippen molar-refractivity contribution in [2.45, 2.75) is 12.3 Å². The summed E-state index contributed by atoms with van der Waals surface area (Å²) in [5.41, 5.74) is 4.47. The fraction of sp³-hybridized carbons (Fsp3) is 0.167. The van der Waals surface area contributed by atoms with Gasteiger partial charge in [0.25, 0.3) is 0 Å². The molecule has 2 heteroatoms. The normalized spacial score (nSPS) is 17.6. The topological polar surface area (TPSA) is 22.0 Å². The summed E-state index contributed by atoms with van der Waals surface area (Å²) in [6, 6.07) is 18.6. The maximum Gasteiger partial charge on any atom is 0.180 e. The summed E-state index contributed by atoms with van der Waals surface area (Å²) in [5, 5.41) is 1.21. The van der Waals surface area contributed by atoms with Crippen LogP contribution in [0.15, 0.2) is 54.6 Å². The number of fused-ring (bicyclic) bond motifs is 3. The highest BCUT2D eigenvalue weighted by molar-refractivity contribution is 6.07. The van der Waals surface area contributed by atoms with Gasteiger partial charge in [0.15, 0.2) is 5.78 Å². The molecule has 0 amide bonds. The third-order valence-corrected chi connectivity index (χ3v) is 4.35. The van der Waals surface area contributed by atoms with E-state index in [9.17, 15) is 4.79 Å². The fourth-order valence-corrected chi connectivity index (χ4v) is 3.47. The molecule has 1 heterocycles. The van der Waals surface area contributed by atoms with E-state index in [-0.39, 0.29) is 11.7 Å². The lowest BCUT2D eigenvalue weighted by molar-refractivity contribution is 0.0984. The van der Waals surface area contributed by atoms with E-state index in [1.165, 1.54) is 16.5 Å². The zero-order chi connectivity index (χ0) is 13.7. The molecule has 20 heavy (non-hydrogen) atoms. The lowest BCUT2D eigenvalue weighted by Crippen LogP contribution is -2.01. The quantitative estimate of drug-likeness (QED) is 0.651. The molecule has 2 aromatic carbocycles. The summed E-state index contributed by atoms with van der Waals surface area (Å²) in [5.74, 6) is 0.456. The molecule has 2 nitrogen and oxygen atoms in total. The minimum atomic E-state index is 0.199. The Kier molecular flexibility index (Phi) is 2.34. The Morgan fingerprint density at radius 3 is 2.50 bits per heavy atom. The van der Waals surface area contributed by atoms with E-state index in [1.54, 1.807) is 0 Å². The summed E-state index contributed by atoms with van der Waals surface area (Å²) in [6.45, 7) is 0. The maximum atomic E-state index is 12.4. The average molecular weight is 261 g/mol. The molecule has 1 atom stereocenters. The molecule has 1 aliphatic carbocycles. The Balaban J connectivity index is 2.03. The van der Waals surface area contributed by atoms with Gasteiger partial charge < -0.3 is 4.57 Å². The Hall–Kier alpha value is -2.35. The van der Waals surface area contributed by atoms with Crippen LogP contribution in [0.5, 0.6) is 0 Å². The van der Waals surface area contributed by atoms with Crippen molar-refractivity contribution in [1.82, 2.24) is 4.57 Å². The fourth-order valence-electron chi connectivity index (χ4n) is 3.47. The van der Waals surface area contributed by atoms with Crippen LogP contribution in [0.4, 0.5) is 0 Å². The second-order valence-electron chi connectivity index (χ2n) is 5.43. The van der Waals surface area contributed by atoms with E-state index >= 15 is 0 Å². The third-order valence-electron chi connectivity index (χ3n) is 4.35. The van der Waals surface area contributed by atoms with Gasteiger partial charge in [-0.25, -0.2) is 0 Å². The molecule has 0 aliphatic heterocycles. The molecule has 3 aromatic rings. The van der Waals surface area contributed by atoms with Gasteiger partial charge >= 0.3 is 0 Å². The van der Waals surface area contributed by atoms with Gasteiger partial charge in [0, 0.05) is 30.3 Å². The van der Waals surface area contributed by atoms with Crippen molar-refractivity contribution in [3.8, 4) is 0 Å². The van der Waals surface area contributed by atoms with Crippen LogP contribution in [0.2, 0.25) is 0 Å². The van der Waals surface area contributed by atoms with E-state index < -0.39 is 0 Å². The van der Waals surface area contributed by atoms with Crippen molar-refractivity contribution >= 4 is 16.7 Å². The number of Topliss-reactive ketones (excluding diaryl/α,β-unsaturated/α-hetero) is 1. The van der Waals surface area contributed by atoms with Gasteiger partial charge in [0.1, 0.15) is 0 Å². The lowest BCUT2D eigenvalue weighted by atomic mass is 9.92. The number of aromatic nitrogens is 1. The van der Waals surface area contributed by atoms with Gasteiger partial charge in [0.05, 0.1) is 5.69 Å². The zero-order valence-corrected chi connectivity index (χ0v) is 11.3. The first-order valence-electron chi connectivity index (χ1n) is 6.93. The van der Waals surface area contributed by atoms with Gasteiger partial charge in [0.2, 0.25) is 0 Å². The van der Waals surface area contributed by atoms with Crippen molar-refractivity contribution in [2.75, 3.05) is 0 Å². The number of rotatable bonds is 1. The maximum absolute atomic E-state index is 12.4. The summed E-state index contributed by atoms with van der Waals surface area (Å²) in [4.78, 5) is 12.4. The molecule has 0 radical (unpaired) electrons. The molecule has 0 unspecified atom stereocenters. The molecule has 0 saturated heterocycles. The Morgan fingerprint density at radius 1 is 1.00 bits per heavy atom. The second kappa shape index (κ2) is 4.07. The summed E-state index contributed by atoms with van der Waals surface area (Å²) < 4.78 is 2.05. The summed E-state index contributed by atoms with van der Waals surface area (Å²) in [7, 11) is 1.99. The van der Waals surface area contributed by atoms with Crippen molar-refractivity contribution < 1.29 is 4.79 Å². The van der Waals surface area contributed by atoms with E-state index in [2.05, 4.69) is 28.8 Å². The van der Waals surface area contributed by atoms with Crippen LogP contribution < -0.4 is 0 Å². The number of carbonyl (C=O) groups excluding carboxylic acids is 1. The number of nitrogens with zero attached hydrogens (tertiary/aromatic N) is 1. The highest BCUT2D eigenvalue weighted by Crippen LogP contribution is 2.43. The molecule has 0 N–H and O–H groups in total. The van der Waals surface area contributed by atoms with Crippen LogP contribution in [0, 0.1) is 0 Å². The van der Waals surface area contributed by atoms with Crippen molar-refractivity contribution in [3.05, 3.63) is 71.4 Å². The van der Waals surface area contributed by atoms with Gasteiger partial charge in [-0.1, -0.05) is 48.5 Å². The second-order valence-corrected chi connectivity index (χ2v) is 5.43. The predicted octanol–water partition coefficient (Wildman–Crippen LogP) is 3.90. The molecule has 0 saturated carbocycles. The van der Waals surface area contributed by atoms with Crippen LogP contribution in [0.1, 0.15) is 34.0 Å². The Bertz CT molecular complexity index is 814. The van der Waals surface area contributed by atoms with Gasteiger partial charge in [-0.3, -0.25) is 4.79 Å². The summed E-state index contributed by atoms with van der Waals surface area (Å²) >= 11 is 0. The molecule has 0 spiro atoms. The van der Waals surface area contributed by atoms with Crippen LogP contribution in [0.3, 0.4) is 0 Å². The van der Waals surface area contributed by atoms with Crippen molar-refractivity contribution in [1.29, 1.82) is 0 Å². The standard InChI is InChI=1S/C18H15NO/c1-19-15-10-6-5-9-13(15)17-14(11-16(20)18(17)19)12-7-3-2-4-8-12/h2-10,14H,11H2,1H3/t14-/m1/s1. The molecular weight excluding hydrogens is 246 g/mol. The first-order chi connectivity index (χ1) is 9.77. The highest BCUT2D eigenvalue weighted by Gasteiger charge is 2.35. The van der Waals surface area contributed by atoms with Gasteiger partial charge in [-0.15, -0.1) is 0 Å². The van der Waals surface area contributed by atoms with Crippen LogP contribution >= 0.6 is 0 Å². The molecule has 1 aromatic heterocycles. The zero-order valence-electron chi connectivity index (χ0n) is 11.3. The number of hydrogen-bond donors (Lipinski definition) is 0. The van der Waals surface area contributed by atoms with E-state index in [1.807, 2.05) is 37.4 Å². The van der Waals surface area contributed by atoms with Crippen molar-refractivity contribution in [3.63, 3.8) is 0 Å². The number of aryl methyl sites for hydroxylation is 1. The van der Waals surface area contributed by atoms with Crippen LogP contribution in [0.25, 0.3) is 10.9 Å². The first kappa shape index (κ1) is 11.5. The highest BCUT2D eigenvalue weighted by atomic mass is 16.1. The molecule has 98 valence electrons. The molecule has 4 rings (SSSR count). The van der Waals surface area contributed by atoms with E-state index in [0.717, 1.165) is 11.2 Å². The number of benzene rings is 2. The smallest absolute Gasteiger partial charge is 0.180 e. The van der Waals surface area contributed by atoms with Gasteiger partial charge in [-0.05, 0) is 17.2 Å². The number of para-hydroxylation sites is 1. The molecule has 0 fully saturated rings. The molecule has 0 bridgehead atoms. The molecule has 1 aliphatic rings. The monoisotopic (exact) mass is 261 g/mol. The Morgan fingerprint density at radius 2 is 1.70 bits per heavy atom. The van der Waals surface area contributed by atoms with E-state index in [4.69, 9.17) is 0 Å². The van der Waals surface area contributed by atoms with Gasteiger partial charge in [-0.2, -0.15) is 0 Å². The Labute approximate surface area is 117 Å². The van der Waals surface area contributed by atoms with Crippen LogP contribution in [-0.4, -0.2) is 10.4 Å². The minimum Gasteiger partial charge on any atom is -0.341 e. The third kappa shape index (κ3) is 1.42. The number of hydrogen-bond acceptors (Lipinski definition) is 1. The SMILES string of the molecule is Cn1c2c(c3ccccc31)[C@@H](c1ccccc1)CC2=O. The van der Waals surface area contributed by atoms with Crippen molar-refractivity contribution in [2.24, 2.45) is 7.05 Å². The summed E-state index contributed by atoms with van der Waals surface area (Å²) in [6.07, 6.45) is 0.591. The van der Waals surface area contributed by atoms with E-state index in [0.29, 0.717) is 6.42 Å².